The SMILES string of the molecule is CCNCc1c(S(=O)(=O)NCCn2cccn2)n[nH]c1C. The molecule has 0 aromatic carbocycles. The fourth-order valence-electron chi connectivity index (χ4n) is 1.91. The van der Waals surface area contributed by atoms with Crippen LogP contribution in [0.4, 0.5) is 0 Å². The van der Waals surface area contributed by atoms with Crippen molar-refractivity contribution in [1.82, 2.24) is 30.0 Å². The number of aryl methyl sites for hydroxylation is 1. The molecule has 2 rings (SSSR count). The van der Waals surface area contributed by atoms with Crippen LogP contribution >= 0.6 is 0 Å². The number of aromatic nitrogens is 4. The van der Waals surface area contributed by atoms with Crippen LogP contribution < -0.4 is 10.0 Å². The van der Waals surface area contributed by atoms with E-state index < -0.39 is 10.0 Å². The lowest BCUT2D eigenvalue weighted by Crippen LogP contribution is -2.29. The van der Waals surface area contributed by atoms with Gasteiger partial charge in [-0.05, 0) is 19.5 Å². The van der Waals surface area contributed by atoms with Gasteiger partial charge in [0.2, 0.25) is 0 Å². The quantitative estimate of drug-likeness (QED) is 0.636. The Bertz CT molecular complexity index is 662. The number of hydrogen-bond donors (Lipinski definition) is 3. The largest absolute Gasteiger partial charge is 0.313 e. The average Bonchev–Trinajstić information content (AvgIpc) is 3.06. The molecule has 0 aliphatic carbocycles. The Kier molecular flexibility index (Phi) is 5.10. The molecule has 116 valence electrons. The third-order valence-corrected chi connectivity index (χ3v) is 4.47. The molecule has 0 saturated heterocycles. The van der Waals surface area contributed by atoms with E-state index in [2.05, 4.69) is 25.3 Å². The molecule has 0 bridgehead atoms. The van der Waals surface area contributed by atoms with Gasteiger partial charge in [-0.15, -0.1) is 0 Å². The van der Waals surface area contributed by atoms with Gasteiger partial charge in [0.05, 0.1) is 6.54 Å². The van der Waals surface area contributed by atoms with E-state index in [0.717, 1.165) is 12.2 Å². The Morgan fingerprint density at radius 1 is 1.43 bits per heavy atom. The average molecular weight is 312 g/mol. The fraction of sp³-hybridized carbons (Fsp3) is 0.500. The zero-order chi connectivity index (χ0) is 15.3. The second-order valence-electron chi connectivity index (χ2n) is 4.58. The van der Waals surface area contributed by atoms with Crippen molar-refractivity contribution >= 4 is 10.0 Å². The summed E-state index contributed by atoms with van der Waals surface area (Å²) in [7, 11) is -3.63. The molecule has 0 radical (unpaired) electrons. The van der Waals surface area contributed by atoms with Crippen molar-refractivity contribution in [2.45, 2.75) is 32.0 Å². The van der Waals surface area contributed by atoms with Gasteiger partial charge in [0.15, 0.2) is 5.03 Å². The van der Waals surface area contributed by atoms with Gasteiger partial charge in [-0.2, -0.15) is 10.2 Å². The van der Waals surface area contributed by atoms with Crippen LogP contribution in [0.15, 0.2) is 23.5 Å². The van der Waals surface area contributed by atoms with E-state index in [4.69, 9.17) is 0 Å². The van der Waals surface area contributed by atoms with E-state index in [-0.39, 0.29) is 11.6 Å². The zero-order valence-electron chi connectivity index (χ0n) is 12.1. The van der Waals surface area contributed by atoms with Gasteiger partial charge < -0.3 is 5.32 Å². The fourth-order valence-corrected chi connectivity index (χ4v) is 3.12. The van der Waals surface area contributed by atoms with Crippen molar-refractivity contribution < 1.29 is 8.42 Å². The lowest BCUT2D eigenvalue weighted by molar-refractivity contribution is 0.555. The van der Waals surface area contributed by atoms with Gasteiger partial charge in [0.25, 0.3) is 10.0 Å². The maximum absolute atomic E-state index is 12.3. The maximum atomic E-state index is 12.3. The number of nitrogens with zero attached hydrogens (tertiary/aromatic N) is 3. The molecule has 8 nitrogen and oxygen atoms in total. The summed E-state index contributed by atoms with van der Waals surface area (Å²) < 4.78 is 28.8. The normalized spacial score (nSPS) is 11.9. The molecule has 0 saturated carbocycles. The summed E-state index contributed by atoms with van der Waals surface area (Å²) in [5.41, 5.74) is 1.42. The molecule has 3 N–H and O–H groups in total. The number of rotatable bonds is 8. The summed E-state index contributed by atoms with van der Waals surface area (Å²) in [6, 6.07) is 1.79. The van der Waals surface area contributed by atoms with E-state index in [9.17, 15) is 8.42 Å². The standard InChI is InChI=1S/C12H20N6O2S/c1-3-13-9-11-10(2)16-17-12(11)21(19,20)15-6-8-18-7-4-5-14-18/h4-5,7,13,15H,3,6,8-9H2,1-2H3,(H,16,17). The van der Waals surface area contributed by atoms with Crippen LogP contribution in [0.2, 0.25) is 0 Å². The highest BCUT2D eigenvalue weighted by Crippen LogP contribution is 2.15. The Balaban J connectivity index is 2.05. The van der Waals surface area contributed by atoms with E-state index in [1.54, 1.807) is 23.1 Å². The van der Waals surface area contributed by atoms with E-state index in [1.165, 1.54) is 0 Å². The van der Waals surface area contributed by atoms with Crippen LogP contribution in [-0.2, 0) is 23.1 Å². The molecule has 0 aliphatic rings. The van der Waals surface area contributed by atoms with Crippen LogP contribution in [0.1, 0.15) is 18.2 Å². The molecular formula is C12H20N6O2S. The molecule has 0 fully saturated rings. The lowest BCUT2D eigenvalue weighted by Gasteiger charge is -2.07. The van der Waals surface area contributed by atoms with E-state index >= 15 is 0 Å². The Morgan fingerprint density at radius 2 is 2.24 bits per heavy atom. The molecule has 0 atom stereocenters. The Hall–Kier alpha value is -1.71. The van der Waals surface area contributed by atoms with E-state index in [1.807, 2.05) is 13.8 Å². The van der Waals surface area contributed by atoms with Crippen molar-refractivity contribution in [3.63, 3.8) is 0 Å². The molecule has 2 heterocycles. The number of nitrogens with one attached hydrogen (secondary N) is 3. The van der Waals surface area contributed by atoms with Crippen molar-refractivity contribution in [2.75, 3.05) is 13.1 Å². The first kappa shape index (κ1) is 15.7. The summed E-state index contributed by atoms with van der Waals surface area (Å²) in [5, 5.41) is 13.8. The molecular weight excluding hydrogens is 292 g/mol. The van der Waals surface area contributed by atoms with Gasteiger partial charge >= 0.3 is 0 Å². The van der Waals surface area contributed by atoms with Crippen LogP contribution in [0, 0.1) is 6.92 Å². The Labute approximate surface area is 124 Å². The zero-order valence-corrected chi connectivity index (χ0v) is 12.9. The van der Waals surface area contributed by atoms with Crippen LogP contribution in [0.5, 0.6) is 0 Å². The van der Waals surface area contributed by atoms with Crippen molar-refractivity contribution in [3.05, 3.63) is 29.7 Å². The van der Waals surface area contributed by atoms with Crippen molar-refractivity contribution in [2.24, 2.45) is 0 Å². The molecule has 0 amide bonds. The van der Waals surface area contributed by atoms with E-state index in [0.29, 0.717) is 18.7 Å². The second kappa shape index (κ2) is 6.83. The monoisotopic (exact) mass is 312 g/mol. The number of H-pyrrole nitrogens is 1. The minimum atomic E-state index is -3.63. The maximum Gasteiger partial charge on any atom is 0.260 e. The number of hydrogen-bond acceptors (Lipinski definition) is 5. The smallest absolute Gasteiger partial charge is 0.260 e. The van der Waals surface area contributed by atoms with Crippen LogP contribution in [0.25, 0.3) is 0 Å². The highest BCUT2D eigenvalue weighted by molar-refractivity contribution is 7.89. The van der Waals surface area contributed by atoms with Gasteiger partial charge in [0.1, 0.15) is 0 Å². The molecule has 0 aliphatic heterocycles. The predicted octanol–water partition coefficient (Wildman–Crippen LogP) is 0.00262. The van der Waals surface area contributed by atoms with Crippen LogP contribution in [0.3, 0.4) is 0 Å². The summed E-state index contributed by atoms with van der Waals surface area (Å²) in [6.07, 6.45) is 3.43. The van der Waals surface area contributed by atoms with Gasteiger partial charge in [-0.25, -0.2) is 13.1 Å². The van der Waals surface area contributed by atoms with Crippen molar-refractivity contribution in [3.8, 4) is 0 Å². The number of sulfonamides is 1. The first-order chi connectivity index (χ1) is 10.0. The van der Waals surface area contributed by atoms with Gasteiger partial charge in [-0.1, -0.05) is 6.92 Å². The summed E-state index contributed by atoms with van der Waals surface area (Å²) in [4.78, 5) is 0. The third kappa shape index (κ3) is 3.90. The molecule has 2 aromatic rings. The second-order valence-corrected chi connectivity index (χ2v) is 6.26. The minimum absolute atomic E-state index is 0.0569. The van der Waals surface area contributed by atoms with Gasteiger partial charge in [0, 0.05) is 36.7 Å². The molecule has 9 heteroatoms. The first-order valence-corrected chi connectivity index (χ1v) is 8.24. The lowest BCUT2D eigenvalue weighted by atomic mass is 10.2. The minimum Gasteiger partial charge on any atom is -0.313 e. The molecule has 0 spiro atoms. The Morgan fingerprint density at radius 3 is 2.90 bits per heavy atom. The molecule has 2 aromatic heterocycles. The summed E-state index contributed by atoms with van der Waals surface area (Å²) in [5.74, 6) is 0. The molecule has 21 heavy (non-hydrogen) atoms. The predicted molar refractivity (Wildman–Crippen MR) is 78.1 cm³/mol. The highest BCUT2D eigenvalue weighted by Gasteiger charge is 2.23. The third-order valence-electron chi connectivity index (χ3n) is 3.03. The number of aromatic amines is 1. The topological polar surface area (TPSA) is 105 Å². The van der Waals surface area contributed by atoms with Crippen molar-refractivity contribution in [1.29, 1.82) is 0 Å². The summed E-state index contributed by atoms with van der Waals surface area (Å²) in [6.45, 7) is 5.73. The first-order valence-electron chi connectivity index (χ1n) is 6.76. The molecule has 0 unspecified atom stereocenters. The highest BCUT2D eigenvalue weighted by atomic mass is 32.2. The van der Waals surface area contributed by atoms with Gasteiger partial charge in [-0.3, -0.25) is 9.78 Å². The summed E-state index contributed by atoms with van der Waals surface area (Å²) >= 11 is 0. The van der Waals surface area contributed by atoms with Crippen LogP contribution in [-0.4, -0.2) is 41.5 Å².